The van der Waals surface area contributed by atoms with Crippen LogP contribution in [0.3, 0.4) is 0 Å². The Morgan fingerprint density at radius 3 is 2.44 bits per heavy atom. The van der Waals surface area contributed by atoms with Gasteiger partial charge in [0.1, 0.15) is 23.1 Å². The Kier molecular flexibility index (Phi) is 6.32. The first-order chi connectivity index (χ1) is 13.0. The van der Waals surface area contributed by atoms with E-state index in [-0.39, 0.29) is 6.61 Å². The topological polar surface area (TPSA) is 57.7 Å². The predicted molar refractivity (Wildman–Crippen MR) is 105 cm³/mol. The number of nitrogens with zero attached hydrogens (tertiary/aromatic N) is 1. The number of hydrogen-bond acceptors (Lipinski definition) is 6. The fourth-order valence-corrected chi connectivity index (χ4v) is 3.20. The van der Waals surface area contributed by atoms with Gasteiger partial charge in [0.25, 0.3) is 0 Å². The van der Waals surface area contributed by atoms with E-state index in [0.717, 1.165) is 16.3 Å². The zero-order valence-corrected chi connectivity index (χ0v) is 16.4. The summed E-state index contributed by atoms with van der Waals surface area (Å²) in [7, 11) is 1.59. The molecule has 1 heterocycles. The van der Waals surface area contributed by atoms with Crippen molar-refractivity contribution in [3.05, 3.63) is 64.6 Å². The normalized spacial score (nSPS) is 11.7. The van der Waals surface area contributed by atoms with Crippen molar-refractivity contribution in [3.8, 4) is 22.1 Å². The molecule has 0 radical (unpaired) electrons. The van der Waals surface area contributed by atoms with E-state index in [1.807, 2.05) is 29.6 Å². The van der Waals surface area contributed by atoms with Gasteiger partial charge in [-0.25, -0.2) is 9.78 Å². The molecule has 0 aliphatic heterocycles. The van der Waals surface area contributed by atoms with Crippen LogP contribution in [0.5, 0.6) is 11.5 Å². The molecule has 0 amide bonds. The molecule has 1 atom stereocenters. The summed E-state index contributed by atoms with van der Waals surface area (Å²) in [6.45, 7) is 1.74. The van der Waals surface area contributed by atoms with Gasteiger partial charge in [-0.1, -0.05) is 23.7 Å². The van der Waals surface area contributed by atoms with Crippen molar-refractivity contribution >= 4 is 28.9 Å². The van der Waals surface area contributed by atoms with Gasteiger partial charge in [-0.05, 0) is 43.3 Å². The summed E-state index contributed by atoms with van der Waals surface area (Å²) < 4.78 is 16.0. The number of methoxy groups -OCH3 is 1. The first kappa shape index (κ1) is 19.2. The molecule has 0 N–H and O–H groups in total. The highest BCUT2D eigenvalue weighted by atomic mass is 35.5. The molecule has 0 aliphatic carbocycles. The molecule has 7 heteroatoms. The maximum absolute atomic E-state index is 12.1. The Hall–Kier alpha value is -2.57. The van der Waals surface area contributed by atoms with Gasteiger partial charge in [0.2, 0.25) is 0 Å². The van der Waals surface area contributed by atoms with Crippen LogP contribution in [0.15, 0.2) is 53.9 Å². The largest absolute Gasteiger partial charge is 0.497 e. The number of carbonyl (C=O) groups excluding carboxylic acids is 1. The summed E-state index contributed by atoms with van der Waals surface area (Å²) in [4.78, 5) is 16.6. The summed E-state index contributed by atoms with van der Waals surface area (Å²) in [6.07, 6.45) is -0.729. The highest BCUT2D eigenvalue weighted by Crippen LogP contribution is 2.25. The van der Waals surface area contributed by atoms with Crippen LogP contribution in [-0.2, 0) is 16.1 Å². The van der Waals surface area contributed by atoms with E-state index in [4.69, 9.17) is 25.8 Å². The molecule has 5 nitrogen and oxygen atoms in total. The molecule has 140 valence electrons. The smallest absolute Gasteiger partial charge is 0.347 e. The molecule has 1 unspecified atom stereocenters. The highest BCUT2D eigenvalue weighted by Gasteiger charge is 2.17. The maximum Gasteiger partial charge on any atom is 0.347 e. The molecule has 1 aromatic heterocycles. The lowest BCUT2D eigenvalue weighted by Crippen LogP contribution is -2.26. The van der Waals surface area contributed by atoms with Crippen LogP contribution in [0.4, 0.5) is 0 Å². The first-order valence-electron chi connectivity index (χ1n) is 8.23. The van der Waals surface area contributed by atoms with Crippen LogP contribution in [0.25, 0.3) is 10.6 Å². The van der Waals surface area contributed by atoms with E-state index >= 15 is 0 Å². The summed E-state index contributed by atoms with van der Waals surface area (Å²) >= 11 is 7.39. The molecule has 0 aliphatic rings. The third kappa shape index (κ3) is 5.21. The Balaban J connectivity index is 1.53. The number of carbonyl (C=O) groups is 1. The third-order valence-corrected chi connectivity index (χ3v) is 4.90. The van der Waals surface area contributed by atoms with Gasteiger partial charge in [-0.15, -0.1) is 11.3 Å². The molecule has 2 aromatic carbocycles. The van der Waals surface area contributed by atoms with Crippen molar-refractivity contribution < 1.29 is 19.0 Å². The van der Waals surface area contributed by atoms with E-state index in [9.17, 15) is 4.79 Å². The number of thiazole rings is 1. The molecule has 0 saturated carbocycles. The van der Waals surface area contributed by atoms with Gasteiger partial charge in [0, 0.05) is 16.0 Å². The Morgan fingerprint density at radius 1 is 1.11 bits per heavy atom. The average molecular weight is 404 g/mol. The fraction of sp³-hybridized carbons (Fsp3) is 0.200. The van der Waals surface area contributed by atoms with Gasteiger partial charge < -0.3 is 14.2 Å². The van der Waals surface area contributed by atoms with Crippen molar-refractivity contribution in [2.75, 3.05) is 7.11 Å². The van der Waals surface area contributed by atoms with E-state index in [2.05, 4.69) is 4.98 Å². The number of ether oxygens (including phenoxy) is 3. The average Bonchev–Trinajstić information content (AvgIpc) is 3.16. The zero-order valence-electron chi connectivity index (χ0n) is 14.8. The van der Waals surface area contributed by atoms with E-state index in [0.29, 0.717) is 16.5 Å². The van der Waals surface area contributed by atoms with Crippen molar-refractivity contribution in [3.63, 3.8) is 0 Å². The number of hydrogen-bond donors (Lipinski definition) is 0. The fourth-order valence-electron chi connectivity index (χ4n) is 2.27. The molecule has 27 heavy (non-hydrogen) atoms. The first-order valence-corrected chi connectivity index (χ1v) is 9.48. The van der Waals surface area contributed by atoms with Crippen molar-refractivity contribution in [1.29, 1.82) is 0 Å². The minimum Gasteiger partial charge on any atom is -0.497 e. The van der Waals surface area contributed by atoms with E-state index < -0.39 is 12.1 Å². The second-order valence-corrected chi connectivity index (χ2v) is 6.99. The van der Waals surface area contributed by atoms with Crippen molar-refractivity contribution in [2.24, 2.45) is 0 Å². The minimum absolute atomic E-state index is 0.0965. The summed E-state index contributed by atoms with van der Waals surface area (Å²) in [5.74, 6) is 0.836. The van der Waals surface area contributed by atoms with Crippen LogP contribution in [0.2, 0.25) is 5.02 Å². The van der Waals surface area contributed by atoms with Crippen molar-refractivity contribution in [1.82, 2.24) is 4.98 Å². The van der Waals surface area contributed by atoms with Gasteiger partial charge in [-0.3, -0.25) is 0 Å². The number of halogens is 1. The molecule has 0 fully saturated rings. The van der Waals surface area contributed by atoms with Gasteiger partial charge in [0.15, 0.2) is 6.10 Å². The number of benzene rings is 2. The lowest BCUT2D eigenvalue weighted by atomic mass is 10.2. The lowest BCUT2D eigenvalue weighted by molar-refractivity contribution is -0.152. The SMILES string of the molecule is COc1ccc(OC(C)C(=O)OCc2csc(-c3ccc(Cl)cc3)n2)cc1. The summed E-state index contributed by atoms with van der Waals surface area (Å²) in [5.41, 5.74) is 1.66. The molecular weight excluding hydrogens is 386 g/mol. The third-order valence-electron chi connectivity index (χ3n) is 3.71. The van der Waals surface area contributed by atoms with Crippen LogP contribution < -0.4 is 9.47 Å². The molecule has 0 spiro atoms. The molecule has 0 bridgehead atoms. The molecular formula is C20H18ClNO4S. The standard InChI is InChI=1S/C20H18ClNO4S/c1-13(26-18-9-7-17(24-2)8-10-18)20(23)25-11-16-12-27-19(22-16)14-3-5-15(21)6-4-14/h3-10,12-13H,11H2,1-2H3. The quantitative estimate of drug-likeness (QED) is 0.520. The van der Waals surface area contributed by atoms with Gasteiger partial charge >= 0.3 is 5.97 Å². The number of rotatable bonds is 7. The van der Waals surface area contributed by atoms with Gasteiger partial charge in [0.05, 0.1) is 12.8 Å². The van der Waals surface area contributed by atoms with E-state index in [1.54, 1.807) is 38.3 Å². The minimum atomic E-state index is -0.729. The van der Waals surface area contributed by atoms with Crippen LogP contribution >= 0.6 is 22.9 Å². The maximum atomic E-state index is 12.1. The highest BCUT2D eigenvalue weighted by molar-refractivity contribution is 7.13. The van der Waals surface area contributed by atoms with Gasteiger partial charge in [-0.2, -0.15) is 0 Å². The summed E-state index contributed by atoms with van der Waals surface area (Å²) in [5, 5.41) is 3.39. The van der Waals surface area contributed by atoms with Crippen LogP contribution in [-0.4, -0.2) is 24.2 Å². The monoisotopic (exact) mass is 403 g/mol. The summed E-state index contributed by atoms with van der Waals surface area (Å²) in [6, 6.07) is 14.4. The Morgan fingerprint density at radius 2 is 1.78 bits per heavy atom. The predicted octanol–water partition coefficient (Wildman–Crippen LogP) is 4.98. The second-order valence-electron chi connectivity index (χ2n) is 5.69. The molecule has 0 saturated heterocycles. The lowest BCUT2D eigenvalue weighted by Gasteiger charge is -2.13. The Labute approximate surface area is 166 Å². The number of aromatic nitrogens is 1. The Bertz CT molecular complexity index is 893. The number of esters is 1. The van der Waals surface area contributed by atoms with Crippen LogP contribution in [0.1, 0.15) is 12.6 Å². The second kappa shape index (κ2) is 8.88. The van der Waals surface area contributed by atoms with E-state index in [1.165, 1.54) is 11.3 Å². The van der Waals surface area contributed by atoms with Crippen molar-refractivity contribution in [2.45, 2.75) is 19.6 Å². The zero-order chi connectivity index (χ0) is 19.2. The molecule has 3 rings (SSSR count). The van der Waals surface area contributed by atoms with Crippen LogP contribution in [0, 0.1) is 0 Å². The molecule has 3 aromatic rings.